The highest BCUT2D eigenvalue weighted by Gasteiger charge is 2.22. The van der Waals surface area contributed by atoms with Crippen LogP contribution in [0.5, 0.6) is 11.5 Å². The van der Waals surface area contributed by atoms with Crippen molar-refractivity contribution in [1.29, 1.82) is 10.5 Å². The van der Waals surface area contributed by atoms with E-state index in [1.54, 1.807) is 18.2 Å². The minimum atomic E-state index is -1.16. The lowest BCUT2D eigenvalue weighted by Crippen LogP contribution is -2.32. The van der Waals surface area contributed by atoms with Gasteiger partial charge in [0.2, 0.25) is 0 Å². The quantitative estimate of drug-likeness (QED) is 0.441. The van der Waals surface area contributed by atoms with Gasteiger partial charge in [-0.25, -0.2) is 4.39 Å². The second kappa shape index (κ2) is 9.25. The van der Waals surface area contributed by atoms with Gasteiger partial charge in [0.05, 0.1) is 12.1 Å². The fourth-order valence-electron chi connectivity index (χ4n) is 2.47. The van der Waals surface area contributed by atoms with Crippen LogP contribution in [0.15, 0.2) is 42.0 Å². The topological polar surface area (TPSA) is 118 Å². The van der Waals surface area contributed by atoms with Crippen molar-refractivity contribution in [2.45, 2.75) is 6.92 Å². The Labute approximate surface area is 167 Å². The molecule has 2 rings (SSSR count). The molecule has 0 atom stereocenters. The van der Waals surface area contributed by atoms with Crippen LogP contribution in [0, 0.1) is 35.4 Å². The molecule has 0 radical (unpaired) electrons. The van der Waals surface area contributed by atoms with Gasteiger partial charge in [-0.2, -0.15) is 10.5 Å². The molecule has 8 heteroatoms. The standard InChI is InChI=1S/C21H18FN3O4/c1-13-5-3-4-6-18(13)29-8-7-25(2)21(28)16(12-24)19(26)14-9-15(11-23)20(27)17(22)10-14/h3-6,9-10,26-27H,7-8H2,1-2H3/b19-16-. The fraction of sp³-hybridized carbons (Fsp3) is 0.190. The predicted molar refractivity (Wildman–Crippen MR) is 102 cm³/mol. The number of nitrogens with zero attached hydrogens (tertiary/aromatic N) is 3. The molecule has 0 fully saturated rings. The zero-order valence-corrected chi connectivity index (χ0v) is 15.8. The normalized spacial score (nSPS) is 11.1. The van der Waals surface area contributed by atoms with Crippen molar-refractivity contribution >= 4 is 11.7 Å². The van der Waals surface area contributed by atoms with E-state index in [4.69, 9.17) is 10.00 Å². The first kappa shape index (κ1) is 21.3. The number of phenolic OH excluding ortho intramolecular Hbond substituents is 1. The maximum Gasteiger partial charge on any atom is 0.268 e. The van der Waals surface area contributed by atoms with Gasteiger partial charge in [-0.15, -0.1) is 0 Å². The van der Waals surface area contributed by atoms with Crippen LogP contribution in [0.25, 0.3) is 5.76 Å². The number of aromatic hydroxyl groups is 1. The van der Waals surface area contributed by atoms with Crippen LogP contribution in [0.1, 0.15) is 16.7 Å². The van der Waals surface area contributed by atoms with Gasteiger partial charge in [0.15, 0.2) is 17.1 Å². The number of carbonyl (C=O) groups is 1. The van der Waals surface area contributed by atoms with Crippen LogP contribution in [-0.2, 0) is 4.79 Å². The number of aliphatic hydroxyl groups is 1. The van der Waals surface area contributed by atoms with Crippen molar-refractivity contribution in [3.8, 4) is 23.6 Å². The molecule has 7 nitrogen and oxygen atoms in total. The smallest absolute Gasteiger partial charge is 0.268 e. The molecule has 0 aliphatic heterocycles. The van der Waals surface area contributed by atoms with Crippen molar-refractivity contribution in [2.75, 3.05) is 20.2 Å². The summed E-state index contributed by atoms with van der Waals surface area (Å²) in [5.41, 5.74) is -0.403. The Morgan fingerprint density at radius 1 is 1.28 bits per heavy atom. The molecule has 0 saturated carbocycles. The van der Waals surface area contributed by atoms with E-state index < -0.39 is 34.4 Å². The van der Waals surface area contributed by atoms with Gasteiger partial charge in [-0.1, -0.05) is 18.2 Å². The van der Waals surface area contributed by atoms with E-state index >= 15 is 0 Å². The van der Waals surface area contributed by atoms with Crippen LogP contribution < -0.4 is 4.74 Å². The summed E-state index contributed by atoms with van der Waals surface area (Å²) in [5, 5.41) is 38.0. The van der Waals surface area contributed by atoms with Crippen molar-refractivity contribution < 1.29 is 24.1 Å². The Bertz CT molecular complexity index is 1050. The molecule has 1 amide bonds. The third-order valence-electron chi connectivity index (χ3n) is 4.14. The Kier molecular flexibility index (Phi) is 6.78. The molecule has 2 N–H and O–H groups in total. The zero-order chi connectivity index (χ0) is 21.6. The first-order valence-corrected chi connectivity index (χ1v) is 8.50. The second-order valence-electron chi connectivity index (χ2n) is 6.14. The number of hydrogen-bond acceptors (Lipinski definition) is 6. The Balaban J connectivity index is 2.18. The summed E-state index contributed by atoms with van der Waals surface area (Å²) < 4.78 is 19.4. The SMILES string of the molecule is Cc1ccccc1OCCN(C)C(=O)/C(C#N)=C(\O)c1cc(F)c(O)c(C#N)c1. The van der Waals surface area contributed by atoms with E-state index in [1.165, 1.54) is 11.9 Å². The van der Waals surface area contributed by atoms with Crippen LogP contribution in [0.4, 0.5) is 4.39 Å². The number of phenols is 1. The average Bonchev–Trinajstić information content (AvgIpc) is 2.71. The van der Waals surface area contributed by atoms with Crippen LogP contribution in [0.3, 0.4) is 0 Å². The maximum absolute atomic E-state index is 13.7. The largest absolute Gasteiger partial charge is 0.506 e. The van der Waals surface area contributed by atoms with Gasteiger partial charge in [0, 0.05) is 12.6 Å². The molecule has 0 bridgehead atoms. The monoisotopic (exact) mass is 395 g/mol. The number of rotatable bonds is 6. The number of benzene rings is 2. The zero-order valence-electron chi connectivity index (χ0n) is 15.8. The number of halogens is 1. The van der Waals surface area contributed by atoms with Crippen LogP contribution in [0.2, 0.25) is 0 Å². The summed E-state index contributed by atoms with van der Waals surface area (Å²) in [7, 11) is 1.42. The van der Waals surface area contributed by atoms with Gasteiger partial charge in [-0.05, 0) is 30.7 Å². The van der Waals surface area contributed by atoms with Gasteiger partial charge in [-0.3, -0.25) is 4.79 Å². The van der Waals surface area contributed by atoms with E-state index in [0.717, 1.165) is 17.7 Å². The number of ether oxygens (including phenoxy) is 1. The third-order valence-corrected chi connectivity index (χ3v) is 4.14. The number of nitriles is 2. The number of aliphatic hydroxyl groups excluding tert-OH is 1. The first-order chi connectivity index (χ1) is 13.8. The summed E-state index contributed by atoms with van der Waals surface area (Å²) in [4.78, 5) is 13.7. The lowest BCUT2D eigenvalue weighted by Gasteiger charge is -2.18. The van der Waals surface area contributed by atoms with Gasteiger partial charge >= 0.3 is 0 Å². The van der Waals surface area contributed by atoms with Crippen molar-refractivity contribution in [2.24, 2.45) is 0 Å². The van der Waals surface area contributed by atoms with Crippen molar-refractivity contribution in [3.05, 3.63) is 64.5 Å². The first-order valence-electron chi connectivity index (χ1n) is 8.50. The van der Waals surface area contributed by atoms with Crippen LogP contribution in [-0.4, -0.2) is 41.2 Å². The highest BCUT2D eigenvalue weighted by molar-refractivity contribution is 6.03. The van der Waals surface area contributed by atoms with Gasteiger partial charge < -0.3 is 19.8 Å². The van der Waals surface area contributed by atoms with Gasteiger partial charge in [0.1, 0.15) is 30.3 Å². The third kappa shape index (κ3) is 4.82. The number of hydrogen-bond donors (Lipinski definition) is 2. The molecule has 0 unspecified atom stereocenters. The summed E-state index contributed by atoms with van der Waals surface area (Å²) in [6.07, 6.45) is 0. The van der Waals surface area contributed by atoms with E-state index in [1.807, 2.05) is 25.1 Å². The highest BCUT2D eigenvalue weighted by Crippen LogP contribution is 2.27. The van der Waals surface area contributed by atoms with E-state index in [-0.39, 0.29) is 18.7 Å². The molecular formula is C21H18FN3O4. The highest BCUT2D eigenvalue weighted by atomic mass is 19.1. The van der Waals surface area contributed by atoms with Crippen LogP contribution >= 0.6 is 0 Å². The molecule has 0 aromatic heterocycles. The van der Waals surface area contributed by atoms with E-state index in [9.17, 15) is 24.7 Å². The van der Waals surface area contributed by atoms with Crippen molar-refractivity contribution in [1.82, 2.24) is 4.90 Å². The number of carbonyl (C=O) groups excluding carboxylic acids is 1. The lowest BCUT2D eigenvalue weighted by atomic mass is 10.0. The second-order valence-corrected chi connectivity index (χ2v) is 6.14. The Hall–Kier alpha value is -4.04. The molecule has 0 spiro atoms. The summed E-state index contributed by atoms with van der Waals surface area (Å²) in [6.45, 7) is 2.16. The summed E-state index contributed by atoms with van der Waals surface area (Å²) >= 11 is 0. The minimum absolute atomic E-state index is 0.124. The number of para-hydroxylation sites is 1. The molecule has 2 aromatic carbocycles. The molecule has 0 heterocycles. The average molecular weight is 395 g/mol. The molecule has 2 aromatic rings. The molecule has 29 heavy (non-hydrogen) atoms. The molecule has 0 saturated heterocycles. The summed E-state index contributed by atoms with van der Waals surface area (Å²) in [6, 6.07) is 12.2. The molecule has 148 valence electrons. The van der Waals surface area contributed by atoms with E-state index in [2.05, 4.69) is 0 Å². The lowest BCUT2D eigenvalue weighted by molar-refractivity contribution is -0.125. The molecular weight excluding hydrogens is 377 g/mol. The van der Waals surface area contributed by atoms with Crippen molar-refractivity contribution in [3.63, 3.8) is 0 Å². The number of amides is 1. The predicted octanol–water partition coefficient (Wildman–Crippen LogP) is 3.04. The molecule has 0 aliphatic carbocycles. The van der Waals surface area contributed by atoms with Gasteiger partial charge in [0.25, 0.3) is 5.91 Å². The van der Waals surface area contributed by atoms with E-state index in [0.29, 0.717) is 5.75 Å². The Morgan fingerprint density at radius 2 is 1.97 bits per heavy atom. The summed E-state index contributed by atoms with van der Waals surface area (Å²) in [5.74, 6) is -2.96. The Morgan fingerprint density at radius 3 is 2.59 bits per heavy atom. The minimum Gasteiger partial charge on any atom is -0.506 e. The molecule has 0 aliphatic rings. The fourth-order valence-corrected chi connectivity index (χ4v) is 2.47. The number of likely N-dealkylation sites (N-methyl/N-ethyl adjacent to an activating group) is 1. The number of aryl methyl sites for hydroxylation is 1. The maximum atomic E-state index is 13.7.